The predicted molar refractivity (Wildman–Crippen MR) is 84.0 cm³/mol. The molecule has 20 heavy (non-hydrogen) atoms. The van der Waals surface area contributed by atoms with Crippen LogP contribution in [0.25, 0.3) is 0 Å². The van der Waals surface area contributed by atoms with Gasteiger partial charge in [-0.1, -0.05) is 35.3 Å². The molecule has 0 aromatic heterocycles. The van der Waals surface area contributed by atoms with Crippen molar-refractivity contribution in [1.82, 2.24) is 0 Å². The van der Waals surface area contributed by atoms with Crippen LogP contribution in [-0.4, -0.2) is 0 Å². The molecule has 0 saturated carbocycles. The molecule has 0 heterocycles. The second-order valence-corrected chi connectivity index (χ2v) is 5.54. The minimum Gasteiger partial charge on any atom is -0.397 e. The predicted octanol–water partition coefficient (Wildman–Crippen LogP) is 5.20. The molecule has 2 rings (SSSR count). The van der Waals surface area contributed by atoms with Crippen molar-refractivity contribution in [3.05, 3.63) is 57.3 Å². The number of nitrogen functional groups attached to an aromatic ring is 1. The van der Waals surface area contributed by atoms with E-state index < -0.39 is 0 Å². The normalized spacial score (nSPS) is 12.2. The summed E-state index contributed by atoms with van der Waals surface area (Å²) in [5, 5.41) is 4.03. The minimum absolute atomic E-state index is 0.107. The highest BCUT2D eigenvalue weighted by Gasteiger charge is 2.11. The van der Waals surface area contributed by atoms with Gasteiger partial charge < -0.3 is 11.1 Å². The number of hydrogen-bond donors (Lipinski definition) is 2. The highest BCUT2D eigenvalue weighted by molar-refractivity contribution is 6.42. The third kappa shape index (κ3) is 3.17. The van der Waals surface area contributed by atoms with Gasteiger partial charge in [0.15, 0.2) is 0 Å². The summed E-state index contributed by atoms with van der Waals surface area (Å²) in [6.45, 7) is 3.65. The van der Waals surface area contributed by atoms with E-state index in [1.165, 1.54) is 6.07 Å². The van der Waals surface area contributed by atoms with Gasteiger partial charge in [-0.2, -0.15) is 0 Å². The Morgan fingerprint density at radius 3 is 2.45 bits per heavy atom. The first kappa shape index (κ1) is 14.9. The van der Waals surface area contributed by atoms with Crippen LogP contribution < -0.4 is 11.1 Å². The number of halogens is 3. The first-order chi connectivity index (χ1) is 9.38. The average molecular weight is 313 g/mol. The lowest BCUT2D eigenvalue weighted by atomic mass is 10.1. The summed E-state index contributed by atoms with van der Waals surface area (Å²) in [6.07, 6.45) is 0. The molecule has 0 spiro atoms. The number of hydrogen-bond acceptors (Lipinski definition) is 2. The van der Waals surface area contributed by atoms with E-state index in [4.69, 9.17) is 28.9 Å². The van der Waals surface area contributed by atoms with Crippen LogP contribution in [0.15, 0.2) is 30.3 Å². The lowest BCUT2D eigenvalue weighted by molar-refractivity contribution is 0.614. The molecule has 0 fully saturated rings. The van der Waals surface area contributed by atoms with Gasteiger partial charge >= 0.3 is 0 Å². The van der Waals surface area contributed by atoms with Crippen molar-refractivity contribution in [3.8, 4) is 0 Å². The quantitative estimate of drug-likeness (QED) is 0.765. The van der Waals surface area contributed by atoms with Crippen molar-refractivity contribution in [2.75, 3.05) is 11.1 Å². The maximum atomic E-state index is 13.6. The highest BCUT2D eigenvalue weighted by atomic mass is 35.5. The van der Waals surface area contributed by atoms with Gasteiger partial charge in [-0.25, -0.2) is 4.39 Å². The van der Waals surface area contributed by atoms with E-state index in [1.54, 1.807) is 25.1 Å². The highest BCUT2D eigenvalue weighted by Crippen LogP contribution is 2.32. The number of rotatable bonds is 3. The fourth-order valence-corrected chi connectivity index (χ4v) is 2.22. The molecule has 2 nitrogen and oxygen atoms in total. The molecule has 0 saturated heterocycles. The number of aryl methyl sites for hydroxylation is 1. The van der Waals surface area contributed by atoms with Crippen LogP contribution in [0.2, 0.25) is 10.0 Å². The monoisotopic (exact) mass is 312 g/mol. The van der Waals surface area contributed by atoms with Gasteiger partial charge in [0.25, 0.3) is 0 Å². The Balaban J connectivity index is 2.25. The second-order valence-electron chi connectivity index (χ2n) is 4.73. The second kappa shape index (κ2) is 5.90. The molecule has 0 amide bonds. The largest absolute Gasteiger partial charge is 0.397 e. The first-order valence-corrected chi connectivity index (χ1v) is 6.91. The first-order valence-electron chi connectivity index (χ1n) is 6.15. The molecule has 1 unspecified atom stereocenters. The molecule has 106 valence electrons. The average Bonchev–Trinajstić information content (AvgIpc) is 2.39. The molecular formula is C15H15Cl2FN2. The van der Waals surface area contributed by atoms with Crippen LogP contribution in [-0.2, 0) is 0 Å². The zero-order valence-electron chi connectivity index (χ0n) is 11.2. The van der Waals surface area contributed by atoms with E-state index >= 15 is 0 Å². The maximum absolute atomic E-state index is 13.6. The summed E-state index contributed by atoms with van der Waals surface area (Å²) < 4.78 is 13.6. The van der Waals surface area contributed by atoms with E-state index in [-0.39, 0.29) is 11.9 Å². The lowest BCUT2D eigenvalue weighted by Gasteiger charge is -2.18. The SMILES string of the molecule is Cc1ccc(C(C)Nc2cc(Cl)c(Cl)cc2N)cc1F. The fraction of sp³-hybridized carbons (Fsp3) is 0.200. The number of nitrogens with two attached hydrogens (primary N) is 1. The zero-order chi connectivity index (χ0) is 14.9. The topological polar surface area (TPSA) is 38.0 Å². The van der Waals surface area contributed by atoms with Crippen LogP contribution in [0.5, 0.6) is 0 Å². The molecule has 2 aromatic rings. The summed E-state index contributed by atoms with van der Waals surface area (Å²) in [7, 11) is 0. The Morgan fingerprint density at radius 1 is 1.15 bits per heavy atom. The molecule has 0 aliphatic rings. The van der Waals surface area contributed by atoms with Crippen LogP contribution in [0, 0.1) is 12.7 Å². The number of anilines is 2. The smallest absolute Gasteiger partial charge is 0.126 e. The van der Waals surface area contributed by atoms with Crippen molar-refractivity contribution in [2.45, 2.75) is 19.9 Å². The Morgan fingerprint density at radius 2 is 1.80 bits per heavy atom. The Hall–Kier alpha value is -1.45. The van der Waals surface area contributed by atoms with Gasteiger partial charge in [0.2, 0.25) is 0 Å². The van der Waals surface area contributed by atoms with Crippen molar-refractivity contribution in [1.29, 1.82) is 0 Å². The van der Waals surface area contributed by atoms with E-state index in [0.29, 0.717) is 27.0 Å². The molecule has 3 N–H and O–H groups in total. The Kier molecular flexibility index (Phi) is 4.41. The van der Waals surface area contributed by atoms with Gasteiger partial charge in [-0.15, -0.1) is 0 Å². The summed E-state index contributed by atoms with van der Waals surface area (Å²) >= 11 is 11.9. The van der Waals surface area contributed by atoms with Crippen LogP contribution in [0.1, 0.15) is 24.1 Å². The van der Waals surface area contributed by atoms with Crippen LogP contribution >= 0.6 is 23.2 Å². The number of benzene rings is 2. The van der Waals surface area contributed by atoms with Crippen molar-refractivity contribution >= 4 is 34.6 Å². The molecule has 0 aliphatic carbocycles. The van der Waals surface area contributed by atoms with Crippen molar-refractivity contribution in [2.24, 2.45) is 0 Å². The molecule has 5 heteroatoms. The van der Waals surface area contributed by atoms with Gasteiger partial charge in [0.1, 0.15) is 5.82 Å². The molecule has 2 aromatic carbocycles. The van der Waals surface area contributed by atoms with Crippen molar-refractivity contribution in [3.63, 3.8) is 0 Å². The van der Waals surface area contributed by atoms with E-state index in [0.717, 1.165) is 5.56 Å². The fourth-order valence-electron chi connectivity index (χ4n) is 1.88. The summed E-state index contributed by atoms with van der Waals surface area (Å²) in [5.41, 5.74) is 8.52. The van der Waals surface area contributed by atoms with Crippen molar-refractivity contribution < 1.29 is 4.39 Å². The molecule has 1 atom stereocenters. The van der Waals surface area contributed by atoms with Gasteiger partial charge in [-0.05, 0) is 43.2 Å². The lowest BCUT2D eigenvalue weighted by Crippen LogP contribution is -2.09. The third-order valence-corrected chi connectivity index (χ3v) is 3.88. The van der Waals surface area contributed by atoms with Gasteiger partial charge in [-0.3, -0.25) is 0 Å². The minimum atomic E-state index is -0.224. The summed E-state index contributed by atoms with van der Waals surface area (Å²) in [6, 6.07) is 8.30. The molecule has 0 aliphatic heterocycles. The maximum Gasteiger partial charge on any atom is 0.126 e. The van der Waals surface area contributed by atoms with E-state index in [2.05, 4.69) is 5.32 Å². The molecular weight excluding hydrogens is 298 g/mol. The van der Waals surface area contributed by atoms with Crippen LogP contribution in [0.4, 0.5) is 15.8 Å². The Labute approximate surface area is 127 Å². The van der Waals surface area contributed by atoms with E-state index in [9.17, 15) is 4.39 Å². The van der Waals surface area contributed by atoms with Gasteiger partial charge in [0, 0.05) is 6.04 Å². The van der Waals surface area contributed by atoms with E-state index in [1.807, 2.05) is 13.0 Å². The summed E-state index contributed by atoms with van der Waals surface area (Å²) in [4.78, 5) is 0. The Bertz CT molecular complexity index is 644. The van der Waals surface area contributed by atoms with Crippen LogP contribution in [0.3, 0.4) is 0 Å². The van der Waals surface area contributed by atoms with Gasteiger partial charge in [0.05, 0.1) is 21.4 Å². The third-order valence-electron chi connectivity index (χ3n) is 3.16. The number of nitrogens with one attached hydrogen (secondary N) is 1. The molecule has 0 bridgehead atoms. The zero-order valence-corrected chi connectivity index (χ0v) is 12.7. The standard InChI is InChI=1S/C15H15Cl2FN2/c1-8-3-4-10(5-13(8)18)9(2)20-15-7-12(17)11(16)6-14(15)19/h3-7,9,20H,19H2,1-2H3. The summed E-state index contributed by atoms with van der Waals surface area (Å²) in [5.74, 6) is -0.224. The molecule has 0 radical (unpaired) electrons.